The molecule has 4 aromatic rings. The summed E-state index contributed by atoms with van der Waals surface area (Å²) in [5.74, 6) is -1.42. The van der Waals surface area contributed by atoms with E-state index in [1.165, 1.54) is 10.4 Å². The number of piperidine rings is 2. The number of benzene rings is 1. The summed E-state index contributed by atoms with van der Waals surface area (Å²) in [5, 5.41) is 17.7. The molecular weight excluding hydrogens is 865 g/mol. The fourth-order valence-electron chi connectivity index (χ4n) is 8.79. The quantitative estimate of drug-likeness (QED) is 0.0676. The Morgan fingerprint density at radius 1 is 0.877 bits per heavy atom. The molecule has 4 aliphatic rings. The normalized spacial score (nSPS) is 20.8. The zero-order chi connectivity index (χ0) is 45.5. The highest BCUT2D eigenvalue weighted by Crippen LogP contribution is 2.36. The second-order valence-electron chi connectivity index (χ2n) is 16.6. The number of hydrogen-bond acceptors (Lipinski definition) is 16. The molecule has 3 aliphatic heterocycles. The molecule has 1 saturated carbocycles. The molecule has 3 unspecified atom stereocenters. The summed E-state index contributed by atoms with van der Waals surface area (Å²) >= 11 is 0. The Bertz CT molecular complexity index is 2560. The Morgan fingerprint density at radius 2 is 1.68 bits per heavy atom. The van der Waals surface area contributed by atoms with Crippen LogP contribution in [-0.2, 0) is 47.2 Å². The molecule has 4 amide bonds. The zero-order valence-electron chi connectivity index (χ0n) is 36.1. The minimum atomic E-state index is -3.71. The molecule has 0 radical (unpaired) electrons. The molecule has 0 spiro atoms. The summed E-state index contributed by atoms with van der Waals surface area (Å²) in [6, 6.07) is 7.26. The maximum atomic E-state index is 13.2. The molecule has 1 aromatic carbocycles. The highest BCUT2D eigenvalue weighted by atomic mass is 32.2. The Kier molecular flexibility index (Phi) is 14.5. The lowest BCUT2D eigenvalue weighted by Gasteiger charge is -2.31. The SMILES string of the molecule is CC1CCCC1n1c(=O)ccc2cnc(NC3CCN(S(=O)(=O)NCCOCc4cn(CCOCCOCCNc5cccc6c5C(=O)N(C5CCC(=O)NC5=O)C6=O)nn4)CC3)nc21. The maximum absolute atomic E-state index is 13.2. The van der Waals surface area contributed by atoms with Crippen molar-refractivity contribution in [1.29, 1.82) is 0 Å². The van der Waals surface area contributed by atoms with Crippen molar-refractivity contribution in [3.05, 3.63) is 69.9 Å². The maximum Gasteiger partial charge on any atom is 0.279 e. The summed E-state index contributed by atoms with van der Waals surface area (Å²) in [6.45, 7) is 5.30. The van der Waals surface area contributed by atoms with Gasteiger partial charge in [0.1, 0.15) is 17.4 Å². The van der Waals surface area contributed by atoms with E-state index in [9.17, 15) is 32.4 Å². The molecule has 8 rings (SSSR count). The number of anilines is 2. The van der Waals surface area contributed by atoms with Gasteiger partial charge in [-0.3, -0.25) is 38.8 Å². The van der Waals surface area contributed by atoms with Crippen LogP contribution in [0.1, 0.15) is 84.3 Å². The lowest BCUT2D eigenvalue weighted by Crippen LogP contribution is -2.54. The third kappa shape index (κ3) is 10.7. The second-order valence-corrected chi connectivity index (χ2v) is 18.3. The Balaban J connectivity index is 0.670. The predicted molar refractivity (Wildman–Crippen MR) is 234 cm³/mol. The zero-order valence-corrected chi connectivity index (χ0v) is 37.0. The van der Waals surface area contributed by atoms with Crippen molar-refractivity contribution in [1.82, 2.24) is 48.8 Å². The number of imide groups is 2. The van der Waals surface area contributed by atoms with Crippen molar-refractivity contribution < 1.29 is 41.8 Å². The van der Waals surface area contributed by atoms with E-state index in [1.54, 1.807) is 41.3 Å². The molecule has 6 heterocycles. The number of fused-ring (bicyclic) bond motifs is 2. The molecule has 1 aliphatic carbocycles. The summed E-state index contributed by atoms with van der Waals surface area (Å²) < 4.78 is 50.5. The van der Waals surface area contributed by atoms with Gasteiger partial charge in [-0.2, -0.15) is 22.4 Å². The first-order valence-electron chi connectivity index (χ1n) is 22.1. The van der Waals surface area contributed by atoms with Gasteiger partial charge in [-0.15, -0.1) is 5.10 Å². The summed E-state index contributed by atoms with van der Waals surface area (Å²) in [6.07, 6.45) is 7.83. The number of nitrogens with zero attached hydrogens (tertiary/aromatic N) is 8. The van der Waals surface area contributed by atoms with Crippen molar-refractivity contribution in [2.45, 2.75) is 83.1 Å². The fourth-order valence-corrected chi connectivity index (χ4v) is 10.0. The van der Waals surface area contributed by atoms with Crippen LogP contribution in [-0.4, -0.2) is 142 Å². The van der Waals surface area contributed by atoms with E-state index < -0.39 is 39.9 Å². The van der Waals surface area contributed by atoms with E-state index in [4.69, 9.17) is 19.2 Å². The van der Waals surface area contributed by atoms with Gasteiger partial charge < -0.3 is 24.8 Å². The van der Waals surface area contributed by atoms with Crippen molar-refractivity contribution >= 4 is 56.5 Å². The van der Waals surface area contributed by atoms with Gasteiger partial charge >= 0.3 is 0 Å². The van der Waals surface area contributed by atoms with Crippen LogP contribution in [0.15, 0.2) is 47.5 Å². The smallest absolute Gasteiger partial charge is 0.279 e. The van der Waals surface area contributed by atoms with E-state index in [2.05, 4.69) is 42.9 Å². The third-order valence-corrected chi connectivity index (χ3v) is 13.8. The van der Waals surface area contributed by atoms with Crippen LogP contribution in [0, 0.1) is 5.92 Å². The topological polar surface area (TPSA) is 263 Å². The summed E-state index contributed by atoms with van der Waals surface area (Å²) in [4.78, 5) is 73.3. The molecule has 23 heteroatoms. The van der Waals surface area contributed by atoms with Gasteiger partial charge in [0.05, 0.1) is 63.5 Å². The van der Waals surface area contributed by atoms with E-state index in [0.29, 0.717) is 94.3 Å². The lowest BCUT2D eigenvalue weighted by atomic mass is 10.0. The number of amides is 4. The largest absolute Gasteiger partial charge is 0.382 e. The average Bonchev–Trinajstić information content (AvgIpc) is 4.00. The Labute approximate surface area is 374 Å². The van der Waals surface area contributed by atoms with Gasteiger partial charge in [0.2, 0.25) is 17.8 Å². The number of ether oxygens (including phenoxy) is 3. The van der Waals surface area contributed by atoms with Crippen LogP contribution in [0.5, 0.6) is 0 Å². The van der Waals surface area contributed by atoms with Gasteiger partial charge in [0.25, 0.3) is 27.6 Å². The molecular formula is C42H54N12O10S. The van der Waals surface area contributed by atoms with Crippen LogP contribution < -0.4 is 26.2 Å². The first kappa shape index (κ1) is 45.8. The molecule has 3 aromatic heterocycles. The van der Waals surface area contributed by atoms with Gasteiger partial charge in [-0.1, -0.05) is 24.6 Å². The highest BCUT2D eigenvalue weighted by molar-refractivity contribution is 7.87. The van der Waals surface area contributed by atoms with Gasteiger partial charge in [0.15, 0.2) is 0 Å². The van der Waals surface area contributed by atoms with Crippen LogP contribution in [0.3, 0.4) is 0 Å². The number of carbonyl (C=O) groups is 4. The second kappa shape index (κ2) is 20.6. The minimum Gasteiger partial charge on any atom is -0.382 e. The van der Waals surface area contributed by atoms with Crippen molar-refractivity contribution in [3.8, 4) is 0 Å². The molecule has 0 bridgehead atoms. The molecule has 3 atom stereocenters. The number of pyridine rings is 1. The molecule has 348 valence electrons. The number of hydrogen-bond donors (Lipinski definition) is 4. The number of carbonyl (C=O) groups excluding carboxylic acids is 4. The molecule has 2 saturated heterocycles. The lowest BCUT2D eigenvalue weighted by molar-refractivity contribution is -0.136. The summed E-state index contributed by atoms with van der Waals surface area (Å²) in [5.41, 5.74) is 1.99. The molecule has 65 heavy (non-hydrogen) atoms. The monoisotopic (exact) mass is 918 g/mol. The number of aromatic nitrogens is 6. The van der Waals surface area contributed by atoms with Crippen molar-refractivity contribution in [2.24, 2.45) is 5.92 Å². The van der Waals surface area contributed by atoms with Crippen LogP contribution >= 0.6 is 0 Å². The van der Waals surface area contributed by atoms with E-state index in [1.807, 2.05) is 4.57 Å². The van der Waals surface area contributed by atoms with E-state index >= 15 is 0 Å². The van der Waals surface area contributed by atoms with E-state index in [0.717, 1.165) is 29.5 Å². The minimum absolute atomic E-state index is 0.0243. The Hall–Kier alpha value is -5.72. The van der Waals surface area contributed by atoms with E-state index in [-0.39, 0.29) is 61.4 Å². The van der Waals surface area contributed by atoms with Crippen molar-refractivity contribution in [2.75, 3.05) is 69.8 Å². The third-order valence-electron chi connectivity index (χ3n) is 12.2. The fraction of sp³-hybridized carbons (Fsp3) is 0.548. The Morgan fingerprint density at radius 3 is 2.46 bits per heavy atom. The van der Waals surface area contributed by atoms with Gasteiger partial charge in [0, 0.05) is 68.0 Å². The first-order chi connectivity index (χ1) is 31.5. The number of nitrogens with one attached hydrogen (secondary N) is 4. The van der Waals surface area contributed by atoms with Crippen LogP contribution in [0.4, 0.5) is 11.6 Å². The standard InChI is InChI=1S/C42H54N12O10S/c1-27-4-2-7-33(27)53-36(56)11-8-28-24-44-42(48-38(28)53)46-29-12-16-52(17-13-29)65(60,61)45-15-20-64-26-30-25-51(50-49-30)18-21-63-23-22-62-19-14-43-32-6-3-5-31-37(32)41(59)54(40(31)58)34-9-10-35(55)47-39(34)57/h3,5-6,8,11,24-25,27,29,33-34,43,45H,2,4,7,9-10,12-23,26H2,1H3,(H,44,46,48)(H,47,55,57). The molecule has 3 fully saturated rings. The number of rotatable bonds is 21. The highest BCUT2D eigenvalue weighted by Gasteiger charge is 2.45. The van der Waals surface area contributed by atoms with Crippen LogP contribution in [0.2, 0.25) is 0 Å². The van der Waals surface area contributed by atoms with Gasteiger partial charge in [-0.25, -0.2) is 9.67 Å². The molecule has 4 N–H and O–H groups in total. The van der Waals surface area contributed by atoms with Gasteiger partial charge in [-0.05, 0) is 56.2 Å². The molecule has 22 nitrogen and oxygen atoms in total. The van der Waals surface area contributed by atoms with Crippen LogP contribution in [0.25, 0.3) is 11.0 Å². The van der Waals surface area contributed by atoms with Crippen molar-refractivity contribution in [3.63, 3.8) is 0 Å². The summed E-state index contributed by atoms with van der Waals surface area (Å²) in [7, 11) is -3.71. The first-order valence-corrected chi connectivity index (χ1v) is 23.5. The average molecular weight is 919 g/mol. The predicted octanol–water partition coefficient (Wildman–Crippen LogP) is 1.22.